The van der Waals surface area contributed by atoms with Crippen molar-refractivity contribution in [1.82, 2.24) is 0 Å². The summed E-state index contributed by atoms with van der Waals surface area (Å²) in [5.74, 6) is 0. The van der Waals surface area contributed by atoms with E-state index in [0.29, 0.717) is 0 Å². The van der Waals surface area contributed by atoms with Crippen molar-refractivity contribution in [3.05, 3.63) is 212 Å². The van der Waals surface area contributed by atoms with Crippen LogP contribution in [0, 0.1) is 0 Å². The molecule has 0 fully saturated rings. The molecule has 0 radical (unpaired) electrons. The minimum Gasteiger partial charge on any atom is -0.455 e. The van der Waals surface area contributed by atoms with E-state index in [0.717, 1.165) is 72.0 Å². The summed E-state index contributed by atoms with van der Waals surface area (Å²) in [7, 11) is 0. The van der Waals surface area contributed by atoms with Gasteiger partial charge >= 0.3 is 0 Å². The van der Waals surface area contributed by atoms with Gasteiger partial charge in [0.25, 0.3) is 0 Å². The van der Waals surface area contributed by atoms with Gasteiger partial charge in [-0.15, -0.1) is 0 Å². The Morgan fingerprint density at radius 3 is 1.44 bits per heavy atom. The van der Waals surface area contributed by atoms with Crippen LogP contribution in [0.4, 0.5) is 17.1 Å². The van der Waals surface area contributed by atoms with Crippen LogP contribution in [-0.4, -0.2) is 0 Å². The molecule has 1 heterocycles. The number of rotatable bonds is 7. The first kappa shape index (κ1) is 31.6. The fourth-order valence-corrected chi connectivity index (χ4v) is 7.90. The zero-order valence-corrected chi connectivity index (χ0v) is 29.6. The predicted octanol–water partition coefficient (Wildman–Crippen LogP) is 14.9. The lowest BCUT2D eigenvalue weighted by Crippen LogP contribution is -2.11. The van der Waals surface area contributed by atoms with Crippen molar-refractivity contribution in [1.29, 1.82) is 0 Å². The average Bonchev–Trinajstić information content (AvgIpc) is 3.64. The van der Waals surface area contributed by atoms with Gasteiger partial charge in [0, 0.05) is 32.8 Å². The van der Waals surface area contributed by atoms with E-state index in [1.807, 2.05) is 0 Å². The Kier molecular flexibility index (Phi) is 7.85. The molecule has 2 nitrogen and oxygen atoms in total. The first-order valence-electron chi connectivity index (χ1n) is 18.4. The first-order valence-corrected chi connectivity index (χ1v) is 18.4. The van der Waals surface area contributed by atoms with Crippen molar-refractivity contribution >= 4 is 49.8 Å². The van der Waals surface area contributed by atoms with Gasteiger partial charge in [-0.3, -0.25) is 0 Å². The van der Waals surface area contributed by atoms with E-state index in [9.17, 15) is 0 Å². The summed E-state index contributed by atoms with van der Waals surface area (Å²) in [4.78, 5) is 2.41. The Morgan fingerprint density at radius 2 is 0.796 bits per heavy atom. The highest BCUT2D eigenvalue weighted by molar-refractivity contribution is 6.22. The van der Waals surface area contributed by atoms with Gasteiger partial charge in [-0.05, 0) is 69.3 Å². The number of para-hydroxylation sites is 2. The van der Waals surface area contributed by atoms with Gasteiger partial charge in [-0.2, -0.15) is 0 Å². The molecule has 2 heteroatoms. The SMILES string of the molecule is c1ccc(-c2ccc(-c3ccccc3N(c3ccccc3)c3cc4c(oc5cccc(-c6ccc(-c7ccccc7)cc6)c54)c4ccccc34)cc2)cc1. The van der Waals surface area contributed by atoms with Crippen molar-refractivity contribution in [3.63, 3.8) is 0 Å². The summed E-state index contributed by atoms with van der Waals surface area (Å²) in [6.07, 6.45) is 0. The molecule has 0 aliphatic carbocycles. The second-order valence-corrected chi connectivity index (χ2v) is 13.7. The highest BCUT2D eigenvalue weighted by Gasteiger charge is 2.23. The Labute approximate surface area is 314 Å². The molecule has 1 aromatic heterocycles. The van der Waals surface area contributed by atoms with E-state index < -0.39 is 0 Å². The van der Waals surface area contributed by atoms with Gasteiger partial charge in [0.1, 0.15) is 11.2 Å². The Hall–Kier alpha value is -7.16. The van der Waals surface area contributed by atoms with Gasteiger partial charge in [-0.25, -0.2) is 0 Å². The van der Waals surface area contributed by atoms with Crippen LogP contribution < -0.4 is 4.90 Å². The largest absolute Gasteiger partial charge is 0.455 e. The number of nitrogens with zero attached hydrogens (tertiary/aromatic N) is 1. The first-order chi connectivity index (χ1) is 26.8. The summed E-state index contributed by atoms with van der Waals surface area (Å²) in [5, 5.41) is 4.41. The Bertz CT molecular complexity index is 2890. The second-order valence-electron chi connectivity index (χ2n) is 13.7. The van der Waals surface area contributed by atoms with Crippen molar-refractivity contribution in [2.75, 3.05) is 4.90 Å². The van der Waals surface area contributed by atoms with Crippen LogP contribution >= 0.6 is 0 Å². The van der Waals surface area contributed by atoms with Crippen LogP contribution in [0.3, 0.4) is 0 Å². The van der Waals surface area contributed by atoms with Gasteiger partial charge in [-0.1, -0.05) is 182 Å². The monoisotopic (exact) mass is 689 g/mol. The van der Waals surface area contributed by atoms with E-state index in [1.165, 1.54) is 22.3 Å². The molecule has 10 aromatic rings. The normalized spacial score (nSPS) is 11.3. The van der Waals surface area contributed by atoms with Crippen molar-refractivity contribution in [2.24, 2.45) is 0 Å². The van der Waals surface area contributed by atoms with E-state index in [2.05, 4.69) is 217 Å². The number of anilines is 3. The summed E-state index contributed by atoms with van der Waals surface area (Å²) in [5.41, 5.74) is 14.5. The van der Waals surface area contributed by atoms with Crippen molar-refractivity contribution in [3.8, 4) is 44.5 Å². The summed E-state index contributed by atoms with van der Waals surface area (Å²) in [6.45, 7) is 0. The summed E-state index contributed by atoms with van der Waals surface area (Å²) in [6, 6.07) is 75.7. The van der Waals surface area contributed by atoms with Gasteiger partial charge in [0.2, 0.25) is 0 Å². The fourth-order valence-electron chi connectivity index (χ4n) is 7.90. The quantitative estimate of drug-likeness (QED) is 0.166. The van der Waals surface area contributed by atoms with Crippen LogP contribution in [0.1, 0.15) is 0 Å². The fraction of sp³-hybridized carbons (Fsp3) is 0. The number of furan rings is 1. The third kappa shape index (κ3) is 5.53. The lowest BCUT2D eigenvalue weighted by atomic mass is 9.95. The van der Waals surface area contributed by atoms with E-state index in [4.69, 9.17) is 4.42 Å². The van der Waals surface area contributed by atoms with Crippen LogP contribution in [-0.2, 0) is 0 Å². The van der Waals surface area contributed by atoms with E-state index >= 15 is 0 Å². The van der Waals surface area contributed by atoms with Gasteiger partial charge < -0.3 is 9.32 Å². The molecule has 0 atom stereocenters. The van der Waals surface area contributed by atoms with Crippen molar-refractivity contribution < 1.29 is 4.42 Å². The van der Waals surface area contributed by atoms with Crippen LogP contribution in [0.2, 0.25) is 0 Å². The Morgan fingerprint density at radius 1 is 0.315 bits per heavy atom. The molecule has 10 rings (SSSR count). The molecular weight excluding hydrogens is 655 g/mol. The highest BCUT2D eigenvalue weighted by atomic mass is 16.3. The summed E-state index contributed by atoms with van der Waals surface area (Å²) < 4.78 is 6.79. The van der Waals surface area contributed by atoms with E-state index in [1.54, 1.807) is 0 Å². The molecule has 0 spiro atoms. The zero-order valence-electron chi connectivity index (χ0n) is 29.6. The molecular formula is C52H35NO. The number of benzene rings is 9. The maximum absolute atomic E-state index is 6.79. The standard InChI is InChI=1S/C52H35NO/c1-4-15-36(16-5-1)38-27-31-40(32-28-38)43-21-12-13-25-48(43)53(42-19-8-3-9-20-42)49-35-47-51-44(41-33-29-39(30-34-41)37-17-6-2-7-18-37)24-14-26-50(51)54-52(47)46-23-11-10-22-45(46)49/h1-35H. The zero-order chi connectivity index (χ0) is 35.8. The smallest absolute Gasteiger partial charge is 0.143 e. The molecule has 0 N–H and O–H groups in total. The molecule has 0 saturated heterocycles. The molecule has 0 saturated carbocycles. The molecule has 54 heavy (non-hydrogen) atoms. The molecule has 0 aliphatic heterocycles. The Balaban J connectivity index is 1.18. The van der Waals surface area contributed by atoms with E-state index in [-0.39, 0.29) is 0 Å². The number of hydrogen-bond acceptors (Lipinski definition) is 2. The number of fused-ring (bicyclic) bond motifs is 5. The number of hydrogen-bond donors (Lipinski definition) is 0. The minimum atomic E-state index is 0.877. The molecule has 0 unspecified atom stereocenters. The third-order valence-corrected chi connectivity index (χ3v) is 10.5. The van der Waals surface area contributed by atoms with Crippen LogP contribution in [0.15, 0.2) is 217 Å². The molecule has 9 aromatic carbocycles. The summed E-state index contributed by atoms with van der Waals surface area (Å²) >= 11 is 0. The van der Waals surface area contributed by atoms with Gasteiger partial charge in [0.15, 0.2) is 0 Å². The van der Waals surface area contributed by atoms with Crippen LogP contribution in [0.5, 0.6) is 0 Å². The topological polar surface area (TPSA) is 16.4 Å². The molecule has 0 bridgehead atoms. The molecule has 0 amide bonds. The maximum Gasteiger partial charge on any atom is 0.143 e. The molecule has 254 valence electrons. The second kappa shape index (κ2) is 13.4. The van der Waals surface area contributed by atoms with Crippen molar-refractivity contribution in [2.45, 2.75) is 0 Å². The van der Waals surface area contributed by atoms with Gasteiger partial charge in [0.05, 0.1) is 11.4 Å². The lowest BCUT2D eigenvalue weighted by molar-refractivity contribution is 0.673. The lowest BCUT2D eigenvalue weighted by Gasteiger charge is -2.29. The van der Waals surface area contributed by atoms with Crippen LogP contribution in [0.25, 0.3) is 77.2 Å². The average molecular weight is 690 g/mol. The highest BCUT2D eigenvalue weighted by Crippen LogP contribution is 2.48. The minimum absolute atomic E-state index is 0.877. The predicted molar refractivity (Wildman–Crippen MR) is 228 cm³/mol. The third-order valence-electron chi connectivity index (χ3n) is 10.5. The maximum atomic E-state index is 6.79. The molecule has 0 aliphatic rings.